The molecule has 2 rings (SSSR count). The summed E-state index contributed by atoms with van der Waals surface area (Å²) < 4.78 is 0. The fourth-order valence-corrected chi connectivity index (χ4v) is 3.18. The highest BCUT2D eigenvalue weighted by Gasteiger charge is 2.23. The van der Waals surface area contributed by atoms with Gasteiger partial charge in [0, 0.05) is 11.7 Å². The summed E-state index contributed by atoms with van der Waals surface area (Å²) in [6.07, 6.45) is 5.62. The number of amides is 1. The average molecular weight is 315 g/mol. The van der Waals surface area contributed by atoms with Gasteiger partial charge in [-0.25, -0.2) is 0 Å². The van der Waals surface area contributed by atoms with Gasteiger partial charge in [0.05, 0.1) is 15.6 Å². The van der Waals surface area contributed by atoms with Crippen LogP contribution in [0.4, 0.5) is 5.69 Å². The van der Waals surface area contributed by atoms with E-state index in [4.69, 9.17) is 28.9 Å². The molecule has 20 heavy (non-hydrogen) atoms. The summed E-state index contributed by atoms with van der Waals surface area (Å²) in [5.74, 6) is 0.609. The van der Waals surface area contributed by atoms with E-state index in [1.807, 2.05) is 0 Å². The van der Waals surface area contributed by atoms with Crippen molar-refractivity contribution in [1.82, 2.24) is 5.32 Å². The number of carbonyl (C=O) groups is 1. The molecule has 1 amide bonds. The zero-order chi connectivity index (χ0) is 14.7. The van der Waals surface area contributed by atoms with Crippen LogP contribution in [-0.4, -0.2) is 11.9 Å². The number of nitrogens with two attached hydrogens (primary N) is 1. The van der Waals surface area contributed by atoms with Crippen LogP contribution in [0.25, 0.3) is 0 Å². The van der Waals surface area contributed by atoms with E-state index in [2.05, 4.69) is 12.2 Å². The van der Waals surface area contributed by atoms with Gasteiger partial charge in [0.25, 0.3) is 5.91 Å². The lowest BCUT2D eigenvalue weighted by Crippen LogP contribution is -2.37. The number of hydrogen-bond acceptors (Lipinski definition) is 2. The second-order valence-electron chi connectivity index (χ2n) is 5.46. The SMILES string of the molecule is CCC1CCC(NC(=O)c2cc(N)cc(Cl)c2Cl)CC1. The highest BCUT2D eigenvalue weighted by atomic mass is 35.5. The van der Waals surface area contributed by atoms with Crippen molar-refractivity contribution in [2.24, 2.45) is 5.92 Å². The molecule has 0 heterocycles. The molecular weight excluding hydrogens is 295 g/mol. The molecule has 0 atom stereocenters. The van der Waals surface area contributed by atoms with Crippen molar-refractivity contribution in [3.63, 3.8) is 0 Å². The van der Waals surface area contributed by atoms with E-state index >= 15 is 0 Å². The highest BCUT2D eigenvalue weighted by molar-refractivity contribution is 6.44. The van der Waals surface area contributed by atoms with E-state index in [9.17, 15) is 4.79 Å². The van der Waals surface area contributed by atoms with Crippen molar-refractivity contribution in [2.45, 2.75) is 45.1 Å². The minimum atomic E-state index is -0.191. The molecule has 0 aromatic heterocycles. The van der Waals surface area contributed by atoms with Crippen molar-refractivity contribution >= 4 is 34.8 Å². The number of rotatable bonds is 3. The van der Waals surface area contributed by atoms with Gasteiger partial charge < -0.3 is 11.1 Å². The van der Waals surface area contributed by atoms with Crippen LogP contribution in [-0.2, 0) is 0 Å². The summed E-state index contributed by atoms with van der Waals surface area (Å²) in [6.45, 7) is 2.22. The number of nitrogen functional groups attached to an aromatic ring is 1. The maximum absolute atomic E-state index is 12.3. The minimum Gasteiger partial charge on any atom is -0.399 e. The van der Waals surface area contributed by atoms with Crippen LogP contribution in [0.15, 0.2) is 12.1 Å². The summed E-state index contributed by atoms with van der Waals surface area (Å²) in [5.41, 5.74) is 6.51. The van der Waals surface area contributed by atoms with E-state index < -0.39 is 0 Å². The monoisotopic (exact) mass is 314 g/mol. The lowest BCUT2D eigenvalue weighted by atomic mass is 9.84. The van der Waals surface area contributed by atoms with Crippen molar-refractivity contribution in [3.8, 4) is 0 Å². The van der Waals surface area contributed by atoms with Gasteiger partial charge in [-0.2, -0.15) is 0 Å². The van der Waals surface area contributed by atoms with Crippen LogP contribution in [0.3, 0.4) is 0 Å². The van der Waals surface area contributed by atoms with E-state index in [1.54, 1.807) is 12.1 Å². The topological polar surface area (TPSA) is 55.1 Å². The summed E-state index contributed by atoms with van der Waals surface area (Å²) in [5, 5.41) is 3.61. The molecule has 0 spiro atoms. The summed E-state index contributed by atoms with van der Waals surface area (Å²) in [7, 11) is 0. The molecule has 0 saturated heterocycles. The van der Waals surface area contributed by atoms with Crippen molar-refractivity contribution in [2.75, 3.05) is 5.73 Å². The predicted octanol–water partition coefficient (Wildman–Crippen LogP) is 4.27. The lowest BCUT2D eigenvalue weighted by Gasteiger charge is -2.28. The number of halogens is 2. The normalized spacial score (nSPS) is 22.6. The van der Waals surface area contributed by atoms with Crippen LogP contribution in [0.1, 0.15) is 49.4 Å². The van der Waals surface area contributed by atoms with Crippen LogP contribution in [0, 0.1) is 5.92 Å². The van der Waals surface area contributed by atoms with E-state index in [-0.39, 0.29) is 17.0 Å². The molecule has 3 nitrogen and oxygen atoms in total. The minimum absolute atomic E-state index is 0.191. The number of nitrogens with one attached hydrogen (secondary N) is 1. The fourth-order valence-electron chi connectivity index (χ4n) is 2.75. The standard InChI is InChI=1S/C15H20Cl2N2O/c1-2-9-3-5-11(6-4-9)19-15(20)12-7-10(18)8-13(16)14(12)17/h7-9,11H,2-6,18H2,1H3,(H,19,20). The Morgan fingerprint density at radius 3 is 2.55 bits per heavy atom. The van der Waals surface area contributed by atoms with Gasteiger partial charge in [0.1, 0.15) is 0 Å². The highest BCUT2D eigenvalue weighted by Crippen LogP contribution is 2.30. The van der Waals surface area contributed by atoms with Crippen molar-refractivity contribution in [1.29, 1.82) is 0 Å². The first kappa shape index (κ1) is 15.5. The number of benzene rings is 1. The largest absolute Gasteiger partial charge is 0.399 e. The molecule has 1 saturated carbocycles. The molecule has 0 radical (unpaired) electrons. The zero-order valence-corrected chi connectivity index (χ0v) is 13.1. The maximum atomic E-state index is 12.3. The molecule has 3 N–H and O–H groups in total. The third-order valence-electron chi connectivity index (χ3n) is 4.05. The molecule has 110 valence electrons. The Morgan fingerprint density at radius 1 is 1.30 bits per heavy atom. The van der Waals surface area contributed by atoms with Gasteiger partial charge >= 0.3 is 0 Å². The third-order valence-corrected chi connectivity index (χ3v) is 4.86. The van der Waals surface area contributed by atoms with Crippen LogP contribution in [0.5, 0.6) is 0 Å². The number of carbonyl (C=O) groups excluding carboxylic acids is 1. The van der Waals surface area contributed by atoms with Gasteiger partial charge in [0.2, 0.25) is 0 Å². The Kier molecular flexibility index (Phi) is 5.17. The number of hydrogen-bond donors (Lipinski definition) is 2. The Hall–Kier alpha value is -0.930. The van der Waals surface area contributed by atoms with Crippen molar-refractivity contribution < 1.29 is 4.79 Å². The maximum Gasteiger partial charge on any atom is 0.253 e. The molecule has 5 heteroatoms. The summed E-state index contributed by atoms with van der Waals surface area (Å²) in [4.78, 5) is 12.3. The zero-order valence-electron chi connectivity index (χ0n) is 11.6. The third kappa shape index (κ3) is 3.58. The Morgan fingerprint density at radius 2 is 1.95 bits per heavy atom. The lowest BCUT2D eigenvalue weighted by molar-refractivity contribution is 0.0922. The van der Waals surface area contributed by atoms with Gasteiger partial charge in [0.15, 0.2) is 0 Å². The first-order valence-electron chi connectivity index (χ1n) is 7.06. The molecular formula is C15H20Cl2N2O. The summed E-state index contributed by atoms with van der Waals surface area (Å²) in [6, 6.07) is 3.34. The van der Waals surface area contributed by atoms with E-state index in [0.717, 1.165) is 18.8 Å². The molecule has 1 fully saturated rings. The quantitative estimate of drug-likeness (QED) is 0.818. The van der Waals surface area contributed by atoms with Crippen LogP contribution in [0.2, 0.25) is 10.0 Å². The Labute approximate surface area is 129 Å². The molecule has 1 aliphatic carbocycles. The predicted molar refractivity (Wildman–Crippen MR) is 84.4 cm³/mol. The average Bonchev–Trinajstić information content (AvgIpc) is 2.43. The van der Waals surface area contributed by atoms with Gasteiger partial charge in [-0.05, 0) is 43.7 Å². The molecule has 1 aromatic carbocycles. The van der Waals surface area contributed by atoms with E-state index in [1.165, 1.54) is 19.3 Å². The van der Waals surface area contributed by atoms with E-state index in [0.29, 0.717) is 16.3 Å². The molecule has 0 aliphatic heterocycles. The summed E-state index contributed by atoms with van der Waals surface area (Å²) >= 11 is 12.0. The van der Waals surface area contributed by atoms with Crippen molar-refractivity contribution in [3.05, 3.63) is 27.7 Å². The first-order chi connectivity index (χ1) is 9.51. The molecule has 1 aliphatic rings. The number of anilines is 1. The first-order valence-corrected chi connectivity index (χ1v) is 7.82. The molecule has 0 unspecified atom stereocenters. The second-order valence-corrected chi connectivity index (χ2v) is 6.25. The Bertz CT molecular complexity index is 497. The van der Waals surface area contributed by atoms with Gasteiger partial charge in [-0.1, -0.05) is 36.5 Å². The van der Waals surface area contributed by atoms with Gasteiger partial charge in [-0.3, -0.25) is 4.79 Å². The second kappa shape index (κ2) is 6.68. The van der Waals surface area contributed by atoms with Crippen LogP contribution < -0.4 is 11.1 Å². The fraction of sp³-hybridized carbons (Fsp3) is 0.533. The van der Waals surface area contributed by atoms with Crippen LogP contribution >= 0.6 is 23.2 Å². The smallest absolute Gasteiger partial charge is 0.253 e. The Balaban J connectivity index is 2.02. The molecule has 1 aromatic rings. The molecule has 0 bridgehead atoms. The van der Waals surface area contributed by atoms with Gasteiger partial charge in [-0.15, -0.1) is 0 Å².